The average Bonchev–Trinajstić information content (AvgIpc) is 2.90. The van der Waals surface area contributed by atoms with Crippen molar-refractivity contribution in [1.82, 2.24) is 4.57 Å². The molecule has 20 heavy (non-hydrogen) atoms. The number of fused-ring (bicyclic) bond motifs is 1. The number of rotatable bonds is 6. The van der Waals surface area contributed by atoms with Gasteiger partial charge in [-0.25, -0.2) is 9.13 Å². The highest BCUT2D eigenvalue weighted by molar-refractivity contribution is 5.23. The van der Waals surface area contributed by atoms with Crippen LogP contribution < -0.4 is 4.57 Å². The first kappa shape index (κ1) is 13.9. The number of unbranched alkanes of at least 4 members (excludes halogenated alkanes) is 1. The summed E-state index contributed by atoms with van der Waals surface area (Å²) in [4.78, 5) is 0. The second kappa shape index (κ2) is 5.38. The topological polar surface area (TPSA) is 8.81 Å². The van der Waals surface area contributed by atoms with Crippen molar-refractivity contribution in [2.75, 3.05) is 0 Å². The standard InChI is InChI=1S/C18H29N2/c1-4-5-9-19-11-12-20(14-19)10-8-15-6-7-16-13-17(15)18(16,2)3/h6,11-12,14,16-17H,4-5,7-10,13H2,1-3H3/q+1/t16?,17-/m0/s1. The maximum absolute atomic E-state index is 2.54. The third-order valence-electron chi connectivity index (χ3n) is 5.76. The number of imidazole rings is 1. The molecule has 0 amide bonds. The van der Waals surface area contributed by atoms with Gasteiger partial charge >= 0.3 is 0 Å². The van der Waals surface area contributed by atoms with Crippen LogP contribution in [0.5, 0.6) is 0 Å². The zero-order valence-electron chi connectivity index (χ0n) is 13.3. The van der Waals surface area contributed by atoms with E-state index in [0.29, 0.717) is 5.41 Å². The highest BCUT2D eigenvalue weighted by atomic mass is 15.1. The molecular formula is C18H29N2+. The van der Waals surface area contributed by atoms with Gasteiger partial charge in [-0.15, -0.1) is 0 Å². The molecule has 0 radical (unpaired) electrons. The molecule has 1 heterocycles. The molecule has 0 aliphatic heterocycles. The van der Waals surface area contributed by atoms with Crippen LogP contribution in [0.3, 0.4) is 0 Å². The van der Waals surface area contributed by atoms with Crippen LogP contribution in [-0.2, 0) is 13.1 Å². The number of hydrogen-bond acceptors (Lipinski definition) is 0. The van der Waals surface area contributed by atoms with Crippen LogP contribution in [-0.4, -0.2) is 4.57 Å². The van der Waals surface area contributed by atoms with Crippen molar-refractivity contribution >= 4 is 0 Å². The summed E-state index contributed by atoms with van der Waals surface area (Å²) < 4.78 is 4.68. The van der Waals surface area contributed by atoms with Gasteiger partial charge in [0.05, 0.1) is 13.1 Å². The van der Waals surface area contributed by atoms with Crippen LogP contribution in [0.2, 0.25) is 0 Å². The van der Waals surface area contributed by atoms with Crippen LogP contribution in [0.15, 0.2) is 30.4 Å². The molecule has 110 valence electrons. The predicted molar refractivity (Wildman–Crippen MR) is 82.2 cm³/mol. The number of hydrogen-bond donors (Lipinski definition) is 0. The molecular weight excluding hydrogens is 244 g/mol. The highest BCUT2D eigenvalue weighted by Gasteiger charge is 2.50. The molecule has 0 N–H and O–H groups in total. The van der Waals surface area contributed by atoms with Gasteiger partial charge in [0.1, 0.15) is 12.4 Å². The fourth-order valence-corrected chi connectivity index (χ4v) is 4.06. The highest BCUT2D eigenvalue weighted by Crippen LogP contribution is 2.59. The zero-order chi connectivity index (χ0) is 14.2. The van der Waals surface area contributed by atoms with Crippen molar-refractivity contribution in [3.8, 4) is 0 Å². The Hall–Kier alpha value is -1.05. The van der Waals surface area contributed by atoms with E-state index in [9.17, 15) is 0 Å². The Balaban J connectivity index is 1.55. The van der Waals surface area contributed by atoms with Crippen molar-refractivity contribution in [2.45, 2.75) is 66.0 Å². The van der Waals surface area contributed by atoms with E-state index in [-0.39, 0.29) is 0 Å². The Labute approximate surface area is 123 Å². The van der Waals surface area contributed by atoms with Crippen LogP contribution in [0, 0.1) is 17.3 Å². The number of allylic oxidation sites excluding steroid dienone is 2. The lowest BCUT2D eigenvalue weighted by molar-refractivity contribution is -0.696. The van der Waals surface area contributed by atoms with E-state index >= 15 is 0 Å². The van der Waals surface area contributed by atoms with Gasteiger partial charge in [-0.2, -0.15) is 0 Å². The van der Waals surface area contributed by atoms with Crippen molar-refractivity contribution in [3.63, 3.8) is 0 Å². The maximum Gasteiger partial charge on any atom is 0.243 e. The minimum atomic E-state index is 0.571. The second-order valence-corrected chi connectivity index (χ2v) is 7.31. The third-order valence-corrected chi connectivity index (χ3v) is 5.76. The van der Waals surface area contributed by atoms with Gasteiger partial charge in [0.25, 0.3) is 0 Å². The fourth-order valence-electron chi connectivity index (χ4n) is 4.06. The first-order valence-corrected chi connectivity index (χ1v) is 8.35. The van der Waals surface area contributed by atoms with E-state index < -0.39 is 0 Å². The summed E-state index contributed by atoms with van der Waals surface area (Å²) >= 11 is 0. The maximum atomic E-state index is 2.54. The second-order valence-electron chi connectivity index (χ2n) is 7.31. The molecule has 2 bridgehead atoms. The van der Waals surface area contributed by atoms with E-state index in [0.717, 1.165) is 24.9 Å². The number of aromatic nitrogens is 2. The number of nitrogens with zero attached hydrogens (tertiary/aromatic N) is 2. The van der Waals surface area contributed by atoms with Crippen LogP contribution in [0.4, 0.5) is 0 Å². The molecule has 1 fully saturated rings. The fraction of sp³-hybridized carbons (Fsp3) is 0.722. The van der Waals surface area contributed by atoms with Gasteiger partial charge in [0, 0.05) is 6.42 Å². The molecule has 3 aliphatic rings. The summed E-state index contributed by atoms with van der Waals surface area (Å²) in [5, 5.41) is 0. The van der Waals surface area contributed by atoms with Gasteiger partial charge < -0.3 is 0 Å². The first-order chi connectivity index (χ1) is 9.61. The first-order valence-electron chi connectivity index (χ1n) is 8.35. The zero-order valence-corrected chi connectivity index (χ0v) is 13.3. The molecule has 2 atom stereocenters. The molecule has 0 aromatic carbocycles. The molecule has 2 nitrogen and oxygen atoms in total. The molecule has 3 aliphatic carbocycles. The van der Waals surface area contributed by atoms with E-state index in [1.165, 1.54) is 32.1 Å². The Kier molecular flexibility index (Phi) is 3.74. The Morgan fingerprint density at radius 1 is 1.40 bits per heavy atom. The monoisotopic (exact) mass is 273 g/mol. The van der Waals surface area contributed by atoms with Crippen molar-refractivity contribution < 1.29 is 4.57 Å². The molecule has 1 saturated carbocycles. The van der Waals surface area contributed by atoms with Crippen molar-refractivity contribution in [3.05, 3.63) is 30.4 Å². The van der Waals surface area contributed by atoms with Crippen molar-refractivity contribution in [2.24, 2.45) is 17.3 Å². The average molecular weight is 273 g/mol. The summed E-state index contributed by atoms with van der Waals surface area (Å²) in [6.07, 6.45) is 15.8. The minimum absolute atomic E-state index is 0.571. The molecule has 4 rings (SSSR count). The minimum Gasteiger partial charge on any atom is -0.237 e. The van der Waals surface area contributed by atoms with Crippen molar-refractivity contribution in [1.29, 1.82) is 0 Å². The van der Waals surface area contributed by atoms with Gasteiger partial charge in [-0.05, 0) is 36.5 Å². The van der Waals surface area contributed by atoms with E-state index in [1.807, 2.05) is 0 Å². The van der Waals surface area contributed by atoms with E-state index in [2.05, 4.69) is 54.7 Å². The summed E-state index contributed by atoms with van der Waals surface area (Å²) in [6, 6.07) is 0. The Morgan fingerprint density at radius 2 is 2.25 bits per heavy atom. The van der Waals surface area contributed by atoms with Gasteiger partial charge in [-0.3, -0.25) is 0 Å². The molecule has 0 spiro atoms. The lowest BCUT2D eigenvalue weighted by Gasteiger charge is -2.56. The summed E-state index contributed by atoms with van der Waals surface area (Å²) in [5.74, 6) is 1.82. The molecule has 0 saturated heterocycles. The normalized spacial score (nSPS) is 27.1. The Morgan fingerprint density at radius 3 is 2.95 bits per heavy atom. The summed E-state index contributed by atoms with van der Waals surface area (Å²) in [5.41, 5.74) is 2.30. The van der Waals surface area contributed by atoms with Crippen LogP contribution >= 0.6 is 0 Å². The quantitative estimate of drug-likeness (QED) is 0.548. The number of aryl methyl sites for hydroxylation is 2. The lowest BCUT2D eigenvalue weighted by atomic mass is 9.48. The van der Waals surface area contributed by atoms with Gasteiger partial charge in [0.2, 0.25) is 6.33 Å². The molecule has 1 unspecified atom stereocenters. The van der Waals surface area contributed by atoms with E-state index in [4.69, 9.17) is 0 Å². The van der Waals surface area contributed by atoms with Gasteiger partial charge in [0.15, 0.2) is 0 Å². The van der Waals surface area contributed by atoms with E-state index in [1.54, 1.807) is 5.57 Å². The smallest absolute Gasteiger partial charge is 0.237 e. The SMILES string of the molecule is CCCC[n+]1ccn(CCC2=CCC3C[C@@H]2C3(C)C)c1. The Bertz CT molecular complexity index is 495. The summed E-state index contributed by atoms with van der Waals surface area (Å²) in [7, 11) is 0. The molecule has 1 aromatic rings. The van der Waals surface area contributed by atoms with Crippen LogP contribution in [0.1, 0.15) is 52.9 Å². The predicted octanol–water partition coefficient (Wildman–Crippen LogP) is 3.96. The van der Waals surface area contributed by atoms with Crippen LogP contribution in [0.25, 0.3) is 0 Å². The van der Waals surface area contributed by atoms with Gasteiger partial charge in [-0.1, -0.05) is 38.8 Å². The lowest BCUT2D eigenvalue weighted by Crippen LogP contribution is -2.48. The molecule has 1 aromatic heterocycles. The molecule has 2 heteroatoms. The largest absolute Gasteiger partial charge is 0.243 e. The summed E-state index contributed by atoms with van der Waals surface area (Å²) in [6.45, 7) is 9.48. The third kappa shape index (κ3) is 2.45.